The molecule has 2 amide bonds. The molecule has 1 aromatic carbocycles. The number of aryl methyl sites for hydroxylation is 2. The predicted molar refractivity (Wildman–Crippen MR) is 85.8 cm³/mol. The molecule has 4 rings (SSSR count). The van der Waals surface area contributed by atoms with E-state index in [-0.39, 0.29) is 28.9 Å². The van der Waals surface area contributed by atoms with Crippen molar-refractivity contribution in [2.24, 2.45) is 22.7 Å². The van der Waals surface area contributed by atoms with Gasteiger partial charge in [-0.05, 0) is 37.3 Å². The Morgan fingerprint density at radius 3 is 2.35 bits per heavy atom. The van der Waals surface area contributed by atoms with E-state index in [9.17, 15) is 14.4 Å². The Balaban J connectivity index is 1.84. The molecule has 3 fully saturated rings. The summed E-state index contributed by atoms with van der Waals surface area (Å²) in [6.07, 6.45) is 1.08. The Morgan fingerprint density at radius 2 is 1.70 bits per heavy atom. The highest BCUT2D eigenvalue weighted by Crippen LogP contribution is 2.68. The summed E-state index contributed by atoms with van der Waals surface area (Å²) in [5.41, 5.74) is 1.65. The van der Waals surface area contributed by atoms with Crippen LogP contribution in [0.15, 0.2) is 18.2 Å². The third kappa shape index (κ3) is 1.59. The Kier molecular flexibility index (Phi) is 2.61. The van der Waals surface area contributed by atoms with Gasteiger partial charge in [-0.3, -0.25) is 14.4 Å². The summed E-state index contributed by atoms with van der Waals surface area (Å²) in [6, 6.07) is 5.74. The van der Waals surface area contributed by atoms with Crippen LogP contribution in [0.4, 0.5) is 5.69 Å². The number of hydrogen-bond acceptors (Lipinski definition) is 3. The molecule has 1 aliphatic heterocycles. The number of amides is 2. The summed E-state index contributed by atoms with van der Waals surface area (Å²) in [6.45, 7) is 7.78. The smallest absolute Gasteiger partial charge is 0.238 e. The van der Waals surface area contributed by atoms with E-state index in [0.717, 1.165) is 11.1 Å². The van der Waals surface area contributed by atoms with Crippen LogP contribution in [0.5, 0.6) is 0 Å². The molecule has 23 heavy (non-hydrogen) atoms. The van der Waals surface area contributed by atoms with Gasteiger partial charge in [0.05, 0.1) is 17.5 Å². The van der Waals surface area contributed by atoms with Crippen LogP contribution >= 0.6 is 0 Å². The lowest BCUT2D eigenvalue weighted by Gasteiger charge is -2.30. The summed E-state index contributed by atoms with van der Waals surface area (Å²) in [4.78, 5) is 39.9. The van der Waals surface area contributed by atoms with E-state index in [0.29, 0.717) is 18.5 Å². The third-order valence-corrected chi connectivity index (χ3v) is 6.31. The van der Waals surface area contributed by atoms with E-state index in [2.05, 4.69) is 0 Å². The minimum absolute atomic E-state index is 0.120. The molecule has 0 N–H and O–H groups in total. The molecule has 4 nitrogen and oxygen atoms in total. The lowest BCUT2D eigenvalue weighted by Crippen LogP contribution is -2.40. The number of imide groups is 1. The SMILES string of the molecule is Cc1ccc(N2C(=O)[C@H]3[C@H](C2=O)[C@@]2(C)C[C@@]3(C)CC2=O)c(C)c1. The zero-order valence-corrected chi connectivity index (χ0v) is 14.0. The number of rotatable bonds is 1. The number of benzene rings is 1. The molecular weight excluding hydrogens is 290 g/mol. The van der Waals surface area contributed by atoms with Crippen LogP contribution in [-0.2, 0) is 14.4 Å². The maximum Gasteiger partial charge on any atom is 0.238 e. The summed E-state index contributed by atoms with van der Waals surface area (Å²) >= 11 is 0. The molecule has 120 valence electrons. The highest BCUT2D eigenvalue weighted by Gasteiger charge is 2.74. The van der Waals surface area contributed by atoms with Crippen molar-refractivity contribution in [3.63, 3.8) is 0 Å². The van der Waals surface area contributed by atoms with Gasteiger partial charge in [-0.2, -0.15) is 0 Å². The van der Waals surface area contributed by atoms with Gasteiger partial charge in [0, 0.05) is 11.8 Å². The Bertz CT molecular complexity index is 783. The minimum Gasteiger partial charge on any atom is -0.299 e. The van der Waals surface area contributed by atoms with Crippen molar-refractivity contribution in [3.05, 3.63) is 29.3 Å². The first-order valence-corrected chi connectivity index (χ1v) is 8.17. The molecule has 1 saturated heterocycles. The van der Waals surface area contributed by atoms with E-state index in [1.165, 1.54) is 4.90 Å². The van der Waals surface area contributed by atoms with Crippen LogP contribution in [-0.4, -0.2) is 17.6 Å². The summed E-state index contributed by atoms with van der Waals surface area (Å²) in [5, 5.41) is 0. The Morgan fingerprint density at radius 1 is 1.04 bits per heavy atom. The van der Waals surface area contributed by atoms with Crippen LogP contribution in [0, 0.1) is 36.5 Å². The highest BCUT2D eigenvalue weighted by molar-refractivity contribution is 6.25. The largest absolute Gasteiger partial charge is 0.299 e. The standard InChI is InChI=1S/C19H21NO3/c1-10-5-6-12(11(2)7-10)20-16(22)14-15(17(20)23)19(4)9-18(14,3)8-13(19)21/h5-7,14-15H,8-9H2,1-4H3/t14-,15-,18-,19+/m1/s1. The van der Waals surface area contributed by atoms with Crippen molar-refractivity contribution < 1.29 is 14.4 Å². The van der Waals surface area contributed by atoms with E-state index < -0.39 is 11.3 Å². The van der Waals surface area contributed by atoms with Gasteiger partial charge in [-0.15, -0.1) is 0 Å². The van der Waals surface area contributed by atoms with Gasteiger partial charge < -0.3 is 0 Å². The number of ketones is 1. The average Bonchev–Trinajstić information content (AvgIpc) is 2.94. The fourth-order valence-electron chi connectivity index (χ4n) is 5.38. The first kappa shape index (κ1) is 14.6. The molecule has 0 radical (unpaired) electrons. The van der Waals surface area contributed by atoms with Crippen LogP contribution < -0.4 is 4.90 Å². The van der Waals surface area contributed by atoms with E-state index in [4.69, 9.17) is 0 Å². The summed E-state index contributed by atoms with van der Waals surface area (Å²) < 4.78 is 0. The second-order valence-corrected chi connectivity index (χ2v) is 8.11. The van der Waals surface area contributed by atoms with E-state index in [1.807, 2.05) is 45.9 Å². The second kappa shape index (κ2) is 4.11. The molecular formula is C19H21NO3. The van der Waals surface area contributed by atoms with Crippen molar-refractivity contribution in [2.75, 3.05) is 4.90 Å². The predicted octanol–water partition coefficient (Wildman–Crippen LogP) is 2.80. The monoisotopic (exact) mass is 311 g/mol. The van der Waals surface area contributed by atoms with E-state index in [1.54, 1.807) is 0 Å². The second-order valence-electron chi connectivity index (χ2n) is 8.11. The molecule has 2 bridgehead atoms. The van der Waals surface area contributed by atoms with Gasteiger partial charge in [0.25, 0.3) is 0 Å². The summed E-state index contributed by atoms with van der Waals surface area (Å²) in [7, 11) is 0. The van der Waals surface area contributed by atoms with Crippen LogP contribution in [0.2, 0.25) is 0 Å². The Labute approximate surface area is 135 Å². The van der Waals surface area contributed by atoms with Crippen LogP contribution in [0.1, 0.15) is 37.8 Å². The van der Waals surface area contributed by atoms with Crippen molar-refractivity contribution in [1.82, 2.24) is 0 Å². The molecule has 2 saturated carbocycles. The quantitative estimate of drug-likeness (QED) is 0.749. The van der Waals surface area contributed by atoms with Gasteiger partial charge in [0.2, 0.25) is 11.8 Å². The molecule has 4 heteroatoms. The van der Waals surface area contributed by atoms with Crippen LogP contribution in [0.3, 0.4) is 0 Å². The Hall–Kier alpha value is -1.97. The number of nitrogens with zero attached hydrogens (tertiary/aromatic N) is 1. The lowest BCUT2D eigenvalue weighted by atomic mass is 9.68. The first-order chi connectivity index (χ1) is 10.7. The van der Waals surface area contributed by atoms with Gasteiger partial charge in [0.15, 0.2) is 0 Å². The number of Topliss-reactive ketones (excluding diaryl/α,β-unsaturated/α-hetero) is 1. The van der Waals surface area contributed by atoms with Gasteiger partial charge in [0.1, 0.15) is 5.78 Å². The number of carbonyl (C=O) groups excluding carboxylic acids is 3. The first-order valence-electron chi connectivity index (χ1n) is 8.17. The fraction of sp³-hybridized carbons (Fsp3) is 0.526. The molecule has 3 aliphatic rings. The molecule has 0 aromatic heterocycles. The van der Waals surface area contributed by atoms with Crippen LogP contribution in [0.25, 0.3) is 0 Å². The van der Waals surface area contributed by atoms with Crippen molar-refractivity contribution >= 4 is 23.3 Å². The molecule has 0 unspecified atom stereocenters. The summed E-state index contributed by atoms with van der Waals surface area (Å²) in [5.74, 6) is -0.998. The zero-order valence-electron chi connectivity index (χ0n) is 14.0. The van der Waals surface area contributed by atoms with Gasteiger partial charge in [-0.1, -0.05) is 31.5 Å². The highest BCUT2D eigenvalue weighted by atomic mass is 16.2. The number of carbonyl (C=O) groups is 3. The fourth-order valence-corrected chi connectivity index (χ4v) is 5.38. The van der Waals surface area contributed by atoms with Gasteiger partial charge >= 0.3 is 0 Å². The minimum atomic E-state index is -0.667. The van der Waals surface area contributed by atoms with Crippen molar-refractivity contribution in [2.45, 2.75) is 40.5 Å². The lowest BCUT2D eigenvalue weighted by molar-refractivity contribution is -0.138. The van der Waals surface area contributed by atoms with E-state index >= 15 is 0 Å². The number of fused-ring (bicyclic) bond motifs is 5. The maximum atomic E-state index is 13.1. The number of hydrogen-bond donors (Lipinski definition) is 0. The third-order valence-electron chi connectivity index (χ3n) is 6.31. The molecule has 2 aliphatic carbocycles. The average molecular weight is 311 g/mol. The zero-order chi connectivity index (χ0) is 16.7. The molecule has 1 aromatic rings. The topological polar surface area (TPSA) is 54.5 Å². The van der Waals surface area contributed by atoms with Crippen molar-refractivity contribution in [1.29, 1.82) is 0 Å². The molecule has 4 atom stereocenters. The van der Waals surface area contributed by atoms with Crippen molar-refractivity contribution in [3.8, 4) is 0 Å². The number of anilines is 1. The molecule has 0 spiro atoms. The van der Waals surface area contributed by atoms with Gasteiger partial charge in [-0.25, -0.2) is 4.90 Å². The normalized spacial score (nSPS) is 38.6. The maximum absolute atomic E-state index is 13.1. The molecule has 1 heterocycles.